The van der Waals surface area contributed by atoms with Crippen LogP contribution in [0, 0.1) is 0 Å². The Morgan fingerprint density at radius 3 is 2.89 bits per heavy atom. The van der Waals surface area contributed by atoms with Crippen LogP contribution < -0.4 is 21.9 Å². The number of nitrogens with one attached hydrogen (secondary N) is 2. The molecule has 35 heavy (non-hydrogen) atoms. The molecule has 0 saturated heterocycles. The minimum Gasteiger partial charge on any atom is -0.384 e. The van der Waals surface area contributed by atoms with Gasteiger partial charge in [0.25, 0.3) is 5.56 Å². The summed E-state index contributed by atoms with van der Waals surface area (Å²) >= 11 is 1.57. The maximum atomic E-state index is 13.3. The number of rotatable bonds is 8. The molecule has 0 aliphatic carbocycles. The average molecular weight is 489 g/mol. The zero-order valence-electron chi connectivity index (χ0n) is 19.5. The SMILES string of the molecule is C[C@H](CCc1ccccc1)Nc1cnc2n(c1=O)[C@H](C(=O)NCc1cc3cnc(N)cc3s1)CC2. The van der Waals surface area contributed by atoms with Gasteiger partial charge in [0.15, 0.2) is 0 Å². The van der Waals surface area contributed by atoms with E-state index in [1.807, 2.05) is 30.3 Å². The van der Waals surface area contributed by atoms with Crippen LogP contribution in [0.15, 0.2) is 59.7 Å². The summed E-state index contributed by atoms with van der Waals surface area (Å²) in [6.45, 7) is 2.44. The highest BCUT2D eigenvalue weighted by Gasteiger charge is 2.31. The van der Waals surface area contributed by atoms with Gasteiger partial charge in [0.05, 0.1) is 12.7 Å². The lowest BCUT2D eigenvalue weighted by molar-refractivity contribution is -0.124. The third-order valence-electron chi connectivity index (χ3n) is 6.35. The number of nitrogens with two attached hydrogens (primary N) is 1. The van der Waals surface area contributed by atoms with E-state index in [1.165, 1.54) is 5.56 Å². The molecule has 1 aliphatic heterocycles. The fourth-order valence-electron chi connectivity index (χ4n) is 4.50. The molecule has 9 heteroatoms. The molecule has 1 aromatic carbocycles. The molecule has 4 heterocycles. The van der Waals surface area contributed by atoms with Gasteiger partial charge >= 0.3 is 0 Å². The number of carbonyl (C=O) groups excluding carboxylic acids is 1. The maximum Gasteiger partial charge on any atom is 0.277 e. The van der Waals surface area contributed by atoms with Gasteiger partial charge < -0.3 is 16.4 Å². The van der Waals surface area contributed by atoms with Crippen molar-refractivity contribution in [2.24, 2.45) is 0 Å². The number of nitrogen functional groups attached to an aromatic ring is 1. The minimum atomic E-state index is -0.557. The van der Waals surface area contributed by atoms with E-state index in [-0.39, 0.29) is 17.5 Å². The van der Waals surface area contributed by atoms with Crippen molar-refractivity contribution in [2.45, 2.75) is 51.2 Å². The Hall–Kier alpha value is -3.72. The molecule has 0 spiro atoms. The molecule has 1 amide bonds. The number of thiophene rings is 1. The van der Waals surface area contributed by atoms with E-state index in [2.05, 4.69) is 39.7 Å². The molecule has 0 fully saturated rings. The van der Waals surface area contributed by atoms with Crippen LogP contribution in [-0.2, 0) is 24.2 Å². The van der Waals surface area contributed by atoms with Crippen molar-refractivity contribution in [3.63, 3.8) is 0 Å². The molecule has 3 aromatic heterocycles. The van der Waals surface area contributed by atoms with Crippen LogP contribution in [-0.4, -0.2) is 26.5 Å². The Morgan fingerprint density at radius 1 is 1.23 bits per heavy atom. The lowest BCUT2D eigenvalue weighted by Gasteiger charge is -2.18. The molecule has 2 atom stereocenters. The second kappa shape index (κ2) is 9.87. The first kappa shape index (κ1) is 23.0. The van der Waals surface area contributed by atoms with Crippen molar-refractivity contribution in [2.75, 3.05) is 11.1 Å². The first-order chi connectivity index (χ1) is 17.0. The van der Waals surface area contributed by atoms with Gasteiger partial charge in [0.2, 0.25) is 5.91 Å². The first-order valence-corrected chi connectivity index (χ1v) is 12.6. The Morgan fingerprint density at radius 2 is 2.06 bits per heavy atom. The lowest BCUT2D eigenvalue weighted by atomic mass is 10.1. The van der Waals surface area contributed by atoms with Crippen LogP contribution in [0.25, 0.3) is 10.1 Å². The normalized spacial score (nSPS) is 15.6. The number of carbonyl (C=O) groups is 1. The molecule has 5 rings (SSSR count). The van der Waals surface area contributed by atoms with Crippen molar-refractivity contribution in [3.05, 3.63) is 81.5 Å². The van der Waals surface area contributed by atoms with E-state index >= 15 is 0 Å². The van der Waals surface area contributed by atoms with Crippen molar-refractivity contribution < 1.29 is 4.79 Å². The van der Waals surface area contributed by atoms with E-state index in [1.54, 1.807) is 28.3 Å². The largest absolute Gasteiger partial charge is 0.384 e. The Bertz CT molecular complexity index is 1410. The molecular formula is C26H28N6O2S. The highest BCUT2D eigenvalue weighted by Crippen LogP contribution is 2.27. The number of hydrogen-bond acceptors (Lipinski definition) is 7. The van der Waals surface area contributed by atoms with Crippen molar-refractivity contribution in [1.29, 1.82) is 0 Å². The summed E-state index contributed by atoms with van der Waals surface area (Å²) in [5, 5.41) is 7.30. The number of hydrogen-bond donors (Lipinski definition) is 3. The molecule has 4 N–H and O–H groups in total. The number of benzene rings is 1. The molecule has 0 unspecified atom stereocenters. The van der Waals surface area contributed by atoms with Gasteiger partial charge in [-0.05, 0) is 43.9 Å². The lowest BCUT2D eigenvalue weighted by Crippen LogP contribution is -2.36. The van der Waals surface area contributed by atoms with E-state index < -0.39 is 6.04 Å². The van der Waals surface area contributed by atoms with Crippen LogP contribution in [0.1, 0.15) is 42.1 Å². The third kappa shape index (κ3) is 5.05. The number of pyridine rings is 1. The fraction of sp³-hybridized carbons (Fsp3) is 0.308. The summed E-state index contributed by atoms with van der Waals surface area (Å²) in [6.07, 6.45) is 6.30. The number of aromatic nitrogens is 3. The maximum absolute atomic E-state index is 13.3. The van der Waals surface area contributed by atoms with Gasteiger partial charge in [-0.2, -0.15) is 0 Å². The number of aryl methyl sites for hydroxylation is 2. The van der Waals surface area contributed by atoms with Gasteiger partial charge in [-0.25, -0.2) is 9.97 Å². The van der Waals surface area contributed by atoms with E-state index in [0.29, 0.717) is 36.7 Å². The summed E-state index contributed by atoms with van der Waals surface area (Å²) in [6, 6.07) is 13.6. The Balaban J connectivity index is 1.24. The Kier molecular flexibility index (Phi) is 6.50. The molecular weight excluding hydrogens is 460 g/mol. The van der Waals surface area contributed by atoms with E-state index in [4.69, 9.17) is 5.73 Å². The van der Waals surface area contributed by atoms with E-state index in [0.717, 1.165) is 27.8 Å². The second-order valence-electron chi connectivity index (χ2n) is 8.96. The quantitative estimate of drug-likeness (QED) is 0.349. The average Bonchev–Trinajstić information content (AvgIpc) is 3.48. The Labute approximate surface area is 207 Å². The summed E-state index contributed by atoms with van der Waals surface area (Å²) in [5.41, 5.74) is 7.27. The van der Waals surface area contributed by atoms with Gasteiger partial charge in [-0.3, -0.25) is 14.2 Å². The van der Waals surface area contributed by atoms with Crippen molar-refractivity contribution >= 4 is 38.8 Å². The van der Waals surface area contributed by atoms with Gasteiger partial charge in [0.1, 0.15) is 23.4 Å². The van der Waals surface area contributed by atoms with E-state index in [9.17, 15) is 9.59 Å². The predicted molar refractivity (Wildman–Crippen MR) is 140 cm³/mol. The number of fused-ring (bicyclic) bond motifs is 2. The smallest absolute Gasteiger partial charge is 0.277 e. The molecule has 8 nitrogen and oxygen atoms in total. The van der Waals surface area contributed by atoms with Crippen LogP contribution in [0.2, 0.25) is 0 Å². The van der Waals surface area contributed by atoms with Crippen LogP contribution in [0.5, 0.6) is 0 Å². The summed E-state index contributed by atoms with van der Waals surface area (Å²) in [5.74, 6) is 0.959. The van der Waals surface area contributed by atoms with Crippen LogP contribution in [0.3, 0.4) is 0 Å². The molecule has 1 aliphatic rings. The van der Waals surface area contributed by atoms with Crippen LogP contribution >= 0.6 is 11.3 Å². The summed E-state index contributed by atoms with van der Waals surface area (Å²) in [4.78, 5) is 35.9. The zero-order valence-corrected chi connectivity index (χ0v) is 20.3. The summed E-state index contributed by atoms with van der Waals surface area (Å²) in [7, 11) is 0. The number of nitrogens with zero attached hydrogens (tertiary/aromatic N) is 3. The van der Waals surface area contributed by atoms with Crippen molar-refractivity contribution in [1.82, 2.24) is 19.9 Å². The zero-order chi connectivity index (χ0) is 24.4. The summed E-state index contributed by atoms with van der Waals surface area (Å²) < 4.78 is 2.59. The molecule has 0 bridgehead atoms. The molecule has 0 radical (unpaired) electrons. The predicted octanol–water partition coefficient (Wildman–Crippen LogP) is 3.67. The standard InChI is InChI=1S/C26H28N6O2S/c1-16(7-8-17-5-3-2-4-6-17)31-20-15-29-24-10-9-21(32(24)26(20)34)25(33)30-14-19-11-18-13-28-23(27)12-22(18)35-19/h2-6,11-13,15-16,21,31H,7-10,14H2,1H3,(H2,27,28)(H,30,33)/t16-,21+/m1/s1. The molecule has 180 valence electrons. The molecule has 0 saturated carbocycles. The third-order valence-corrected chi connectivity index (χ3v) is 7.44. The topological polar surface area (TPSA) is 115 Å². The highest BCUT2D eigenvalue weighted by molar-refractivity contribution is 7.19. The van der Waals surface area contributed by atoms with Gasteiger partial charge in [-0.15, -0.1) is 11.3 Å². The fourth-order valence-corrected chi connectivity index (χ4v) is 5.52. The second-order valence-corrected chi connectivity index (χ2v) is 10.1. The first-order valence-electron chi connectivity index (χ1n) is 11.8. The highest BCUT2D eigenvalue weighted by atomic mass is 32.1. The monoisotopic (exact) mass is 488 g/mol. The molecule has 4 aromatic rings. The number of anilines is 2. The number of amides is 1. The van der Waals surface area contributed by atoms with Gasteiger partial charge in [0, 0.05) is 33.6 Å². The minimum absolute atomic E-state index is 0.0912. The van der Waals surface area contributed by atoms with Gasteiger partial charge in [-0.1, -0.05) is 30.3 Å². The van der Waals surface area contributed by atoms with Crippen molar-refractivity contribution in [3.8, 4) is 0 Å². The van der Waals surface area contributed by atoms with Crippen LogP contribution in [0.4, 0.5) is 11.5 Å².